The SMILES string of the molecule is CCOC(=O)c1ccccc1NC(=O)C1CCCN(Cc2nc(-c3cccs3)no2)C1. The summed E-state index contributed by atoms with van der Waals surface area (Å²) in [4.78, 5) is 32.7. The van der Waals surface area contributed by atoms with Gasteiger partial charge in [0.1, 0.15) is 0 Å². The molecule has 0 spiro atoms. The van der Waals surface area contributed by atoms with Gasteiger partial charge < -0.3 is 14.6 Å². The van der Waals surface area contributed by atoms with E-state index in [2.05, 4.69) is 20.4 Å². The van der Waals surface area contributed by atoms with Crippen molar-refractivity contribution in [3.05, 3.63) is 53.2 Å². The van der Waals surface area contributed by atoms with Gasteiger partial charge in [0.25, 0.3) is 0 Å². The largest absolute Gasteiger partial charge is 0.462 e. The summed E-state index contributed by atoms with van der Waals surface area (Å²) in [6, 6.07) is 10.8. The Hall–Kier alpha value is -3.04. The minimum atomic E-state index is -0.443. The molecule has 0 bridgehead atoms. The number of benzene rings is 1. The molecule has 1 aliphatic heterocycles. The van der Waals surface area contributed by atoms with Crippen molar-refractivity contribution in [3.8, 4) is 10.7 Å². The standard InChI is InChI=1S/C22H24N4O4S/c1-2-29-22(28)16-8-3-4-9-17(16)23-21(27)15-7-5-11-26(13-15)14-19-24-20(25-30-19)18-10-6-12-31-18/h3-4,6,8-10,12,15H,2,5,7,11,13-14H2,1H3,(H,23,27). The number of rotatable bonds is 7. The smallest absolute Gasteiger partial charge is 0.340 e. The molecule has 2 aromatic heterocycles. The van der Waals surface area contributed by atoms with Gasteiger partial charge in [-0.05, 0) is 49.9 Å². The van der Waals surface area contributed by atoms with Gasteiger partial charge in [0.05, 0.1) is 35.2 Å². The molecule has 9 heteroatoms. The quantitative estimate of drug-likeness (QED) is 0.558. The molecule has 1 aliphatic rings. The number of anilines is 1. The lowest BCUT2D eigenvalue weighted by Gasteiger charge is -2.31. The van der Waals surface area contributed by atoms with Gasteiger partial charge in [-0.1, -0.05) is 23.4 Å². The van der Waals surface area contributed by atoms with Gasteiger partial charge >= 0.3 is 5.97 Å². The second-order valence-electron chi connectivity index (χ2n) is 7.32. The Morgan fingerprint density at radius 1 is 1.29 bits per heavy atom. The highest BCUT2D eigenvalue weighted by molar-refractivity contribution is 7.13. The lowest BCUT2D eigenvalue weighted by atomic mass is 9.97. The van der Waals surface area contributed by atoms with Crippen LogP contribution in [0.3, 0.4) is 0 Å². The van der Waals surface area contributed by atoms with Crippen molar-refractivity contribution in [1.82, 2.24) is 15.0 Å². The number of hydrogen-bond acceptors (Lipinski definition) is 8. The molecular formula is C22H24N4O4S. The first-order valence-corrected chi connectivity index (χ1v) is 11.2. The fraction of sp³-hybridized carbons (Fsp3) is 0.364. The number of piperidine rings is 1. The highest BCUT2D eigenvalue weighted by Gasteiger charge is 2.28. The van der Waals surface area contributed by atoms with Gasteiger partial charge in [-0.3, -0.25) is 9.69 Å². The molecule has 0 aliphatic carbocycles. The van der Waals surface area contributed by atoms with Crippen molar-refractivity contribution in [1.29, 1.82) is 0 Å². The van der Waals surface area contributed by atoms with Crippen LogP contribution in [0.4, 0.5) is 5.69 Å². The number of nitrogens with zero attached hydrogens (tertiary/aromatic N) is 3. The normalized spacial score (nSPS) is 16.7. The second-order valence-corrected chi connectivity index (χ2v) is 8.27. The fourth-order valence-electron chi connectivity index (χ4n) is 3.64. The van der Waals surface area contributed by atoms with Gasteiger partial charge in [0.15, 0.2) is 0 Å². The topological polar surface area (TPSA) is 97.6 Å². The monoisotopic (exact) mass is 440 g/mol. The number of amides is 1. The Morgan fingerprint density at radius 3 is 2.97 bits per heavy atom. The summed E-state index contributed by atoms with van der Waals surface area (Å²) < 4.78 is 10.5. The predicted molar refractivity (Wildman–Crippen MR) is 117 cm³/mol. The van der Waals surface area contributed by atoms with Crippen LogP contribution in [-0.4, -0.2) is 46.6 Å². The zero-order chi connectivity index (χ0) is 21.6. The molecule has 3 aromatic rings. The highest BCUT2D eigenvalue weighted by atomic mass is 32.1. The Morgan fingerprint density at radius 2 is 2.16 bits per heavy atom. The molecule has 1 atom stereocenters. The summed E-state index contributed by atoms with van der Waals surface area (Å²) in [6.07, 6.45) is 1.68. The number of nitrogens with one attached hydrogen (secondary N) is 1. The number of aromatic nitrogens is 2. The van der Waals surface area contributed by atoms with E-state index in [-0.39, 0.29) is 18.4 Å². The molecule has 0 radical (unpaired) electrons. The molecule has 8 nitrogen and oxygen atoms in total. The van der Waals surface area contributed by atoms with E-state index in [9.17, 15) is 9.59 Å². The number of likely N-dealkylation sites (tertiary alicyclic amines) is 1. The number of para-hydroxylation sites is 1. The number of carbonyl (C=O) groups excluding carboxylic acids is 2. The zero-order valence-electron chi connectivity index (χ0n) is 17.2. The van der Waals surface area contributed by atoms with Crippen molar-refractivity contribution >= 4 is 28.9 Å². The van der Waals surface area contributed by atoms with Crippen molar-refractivity contribution in [3.63, 3.8) is 0 Å². The summed E-state index contributed by atoms with van der Waals surface area (Å²) in [7, 11) is 0. The molecule has 31 heavy (non-hydrogen) atoms. The molecule has 0 saturated carbocycles. The van der Waals surface area contributed by atoms with Crippen LogP contribution in [0.2, 0.25) is 0 Å². The van der Waals surface area contributed by atoms with Crippen molar-refractivity contribution in [2.24, 2.45) is 5.92 Å². The number of ether oxygens (including phenoxy) is 1. The average molecular weight is 441 g/mol. The fourth-order valence-corrected chi connectivity index (χ4v) is 4.29. The van der Waals surface area contributed by atoms with Crippen molar-refractivity contribution in [2.45, 2.75) is 26.3 Å². The summed E-state index contributed by atoms with van der Waals surface area (Å²) in [5.74, 6) is 0.389. The van der Waals surface area contributed by atoms with E-state index in [0.717, 1.165) is 24.3 Å². The van der Waals surface area contributed by atoms with Crippen LogP contribution >= 0.6 is 11.3 Å². The maximum Gasteiger partial charge on any atom is 0.340 e. The van der Waals surface area contributed by atoms with E-state index >= 15 is 0 Å². The lowest BCUT2D eigenvalue weighted by molar-refractivity contribution is -0.121. The molecule has 3 heterocycles. The third kappa shape index (κ3) is 5.18. The summed E-state index contributed by atoms with van der Waals surface area (Å²) in [5.41, 5.74) is 0.831. The molecule has 1 N–H and O–H groups in total. The van der Waals surface area contributed by atoms with Crippen molar-refractivity contribution in [2.75, 3.05) is 25.0 Å². The molecular weight excluding hydrogens is 416 g/mol. The maximum atomic E-state index is 12.9. The van der Waals surface area contributed by atoms with E-state index in [0.29, 0.717) is 36.1 Å². The molecule has 4 rings (SSSR count). The van der Waals surface area contributed by atoms with Gasteiger partial charge in [0, 0.05) is 6.54 Å². The summed E-state index contributed by atoms with van der Waals surface area (Å²) in [6.45, 7) is 3.98. The van der Waals surface area contributed by atoms with Crippen LogP contribution < -0.4 is 5.32 Å². The van der Waals surface area contributed by atoms with E-state index in [1.807, 2.05) is 17.5 Å². The zero-order valence-corrected chi connectivity index (χ0v) is 18.1. The number of esters is 1. The Balaban J connectivity index is 1.38. The molecule has 1 amide bonds. The first kappa shape index (κ1) is 21.2. The van der Waals surface area contributed by atoms with Crippen LogP contribution in [0, 0.1) is 5.92 Å². The molecule has 1 unspecified atom stereocenters. The van der Waals surface area contributed by atoms with Crippen LogP contribution in [0.25, 0.3) is 10.7 Å². The van der Waals surface area contributed by atoms with E-state index < -0.39 is 5.97 Å². The number of hydrogen-bond donors (Lipinski definition) is 1. The molecule has 1 saturated heterocycles. The first-order valence-electron chi connectivity index (χ1n) is 10.3. The van der Waals surface area contributed by atoms with Gasteiger partial charge in [-0.25, -0.2) is 4.79 Å². The summed E-state index contributed by atoms with van der Waals surface area (Å²) >= 11 is 1.56. The van der Waals surface area contributed by atoms with Gasteiger partial charge in [0.2, 0.25) is 17.6 Å². The number of carbonyl (C=O) groups is 2. The average Bonchev–Trinajstić information content (AvgIpc) is 3.46. The van der Waals surface area contributed by atoms with Crippen molar-refractivity contribution < 1.29 is 18.8 Å². The third-order valence-corrected chi connectivity index (χ3v) is 5.99. The lowest BCUT2D eigenvalue weighted by Crippen LogP contribution is -2.40. The van der Waals surface area contributed by atoms with E-state index in [1.54, 1.807) is 42.5 Å². The van der Waals surface area contributed by atoms with E-state index in [4.69, 9.17) is 9.26 Å². The van der Waals surface area contributed by atoms with Crippen LogP contribution in [0.1, 0.15) is 36.0 Å². The maximum absolute atomic E-state index is 12.9. The molecule has 162 valence electrons. The minimum absolute atomic E-state index is 0.105. The minimum Gasteiger partial charge on any atom is -0.462 e. The second kappa shape index (κ2) is 9.84. The van der Waals surface area contributed by atoms with Gasteiger partial charge in [-0.2, -0.15) is 4.98 Å². The van der Waals surface area contributed by atoms with Gasteiger partial charge in [-0.15, -0.1) is 11.3 Å². The first-order chi connectivity index (χ1) is 15.1. The Labute approximate surface area is 184 Å². The predicted octanol–water partition coefficient (Wildman–Crippen LogP) is 3.83. The van der Waals surface area contributed by atoms with Crippen LogP contribution in [0.15, 0.2) is 46.3 Å². The Bertz CT molecular complexity index is 1030. The molecule has 1 fully saturated rings. The molecule has 1 aromatic carbocycles. The van der Waals surface area contributed by atoms with Crippen LogP contribution in [0.5, 0.6) is 0 Å². The third-order valence-electron chi connectivity index (χ3n) is 5.13. The highest BCUT2D eigenvalue weighted by Crippen LogP contribution is 2.24. The Kier molecular flexibility index (Phi) is 6.73. The summed E-state index contributed by atoms with van der Waals surface area (Å²) in [5, 5.41) is 8.93. The van der Waals surface area contributed by atoms with Crippen LogP contribution in [-0.2, 0) is 16.1 Å². The number of thiophene rings is 1. The van der Waals surface area contributed by atoms with E-state index in [1.165, 1.54) is 0 Å².